The number of hydrogen-bond donors (Lipinski definition) is 0. The Morgan fingerprint density at radius 1 is 0.196 bits per heavy atom. The van der Waals surface area contributed by atoms with E-state index >= 15 is 17.6 Å². The molecule has 16 heteroatoms. The van der Waals surface area contributed by atoms with Crippen molar-refractivity contribution < 1.29 is 70.2 Å². The molecule has 8 aromatic rings. The third kappa shape index (κ3) is 5.03. The van der Waals surface area contributed by atoms with Crippen molar-refractivity contribution in [2.75, 3.05) is 0 Å². The van der Waals surface area contributed by atoms with Gasteiger partial charge in [-0.3, -0.25) is 0 Å². The average molecular weight is 794 g/mol. The maximum absolute atomic E-state index is 15.5. The second-order valence-corrected chi connectivity index (χ2v) is 12.4. The van der Waals surface area contributed by atoms with Crippen LogP contribution < -0.4 is 0 Å². The molecule has 0 aliphatic rings. The summed E-state index contributed by atoms with van der Waals surface area (Å²) in [6.07, 6.45) is 0. The van der Waals surface area contributed by atoms with E-state index in [-0.39, 0.29) is 45.8 Å². The van der Waals surface area contributed by atoms with Crippen LogP contribution in [0.4, 0.5) is 70.2 Å². The molecular formula is C40H10F16. The highest BCUT2D eigenvalue weighted by Crippen LogP contribution is 2.50. The van der Waals surface area contributed by atoms with Gasteiger partial charge in [0.1, 0.15) is 0 Å². The summed E-state index contributed by atoms with van der Waals surface area (Å²) in [7, 11) is 0. The van der Waals surface area contributed by atoms with Crippen LogP contribution in [0.5, 0.6) is 0 Å². The van der Waals surface area contributed by atoms with Gasteiger partial charge >= 0.3 is 0 Å². The van der Waals surface area contributed by atoms with Gasteiger partial charge < -0.3 is 0 Å². The molecular weight excluding hydrogens is 784 g/mol. The summed E-state index contributed by atoms with van der Waals surface area (Å²) >= 11 is 0. The largest absolute Gasteiger partial charge is 0.204 e. The zero-order valence-corrected chi connectivity index (χ0v) is 26.8. The molecule has 8 rings (SSSR count). The van der Waals surface area contributed by atoms with E-state index in [1.165, 1.54) is 0 Å². The van der Waals surface area contributed by atoms with Gasteiger partial charge in [-0.15, -0.1) is 0 Å². The molecule has 0 aromatic heterocycles. The van der Waals surface area contributed by atoms with Crippen LogP contribution in [0.15, 0.2) is 60.7 Å². The molecule has 0 bridgehead atoms. The molecule has 56 heavy (non-hydrogen) atoms. The Bertz CT molecular complexity index is 2640. The summed E-state index contributed by atoms with van der Waals surface area (Å²) in [5, 5.41) is -2.23. The van der Waals surface area contributed by atoms with Crippen LogP contribution >= 0.6 is 0 Å². The summed E-state index contributed by atoms with van der Waals surface area (Å²) < 4.78 is 236. The quantitative estimate of drug-likeness (QED) is 0.0720. The average Bonchev–Trinajstić information content (AvgIpc) is 3.19. The summed E-state index contributed by atoms with van der Waals surface area (Å²) in [4.78, 5) is 0. The molecule has 0 fully saturated rings. The number of rotatable bonds is 4. The lowest BCUT2D eigenvalue weighted by atomic mass is 9.81. The molecule has 0 spiro atoms. The van der Waals surface area contributed by atoms with Gasteiger partial charge in [-0.2, -0.15) is 0 Å². The fraction of sp³-hybridized carbons (Fsp3) is 0. The molecule has 0 aliphatic heterocycles. The Kier molecular flexibility index (Phi) is 8.25. The number of halogens is 16. The van der Waals surface area contributed by atoms with Gasteiger partial charge in [0.2, 0.25) is 0 Å². The van der Waals surface area contributed by atoms with Crippen molar-refractivity contribution in [3.8, 4) is 44.5 Å². The molecule has 0 unspecified atom stereocenters. The van der Waals surface area contributed by atoms with Gasteiger partial charge in [0.05, 0.1) is 0 Å². The van der Waals surface area contributed by atoms with Crippen LogP contribution in [0.25, 0.3) is 76.8 Å². The van der Waals surface area contributed by atoms with E-state index in [1.54, 1.807) is 0 Å². The van der Waals surface area contributed by atoms with Crippen molar-refractivity contribution in [3.05, 3.63) is 154 Å². The number of benzene rings is 8. The SMILES string of the molecule is Fc1cc(-c2cc(-c3cc(F)c(F)c(F)c3F)c3ccc4c(-c5cc(F)c(F)c(F)c5F)cc(-c5cc(F)c(F)c(F)c5F)c5ccc2c3c54)c(F)c(F)c1F. The monoisotopic (exact) mass is 794 g/mol. The summed E-state index contributed by atoms with van der Waals surface area (Å²) in [5.74, 6) is -34.6. The molecule has 8 aromatic carbocycles. The summed E-state index contributed by atoms with van der Waals surface area (Å²) in [5.41, 5.74) is -7.18. The summed E-state index contributed by atoms with van der Waals surface area (Å²) in [6.45, 7) is 0. The lowest BCUT2D eigenvalue weighted by Gasteiger charge is -2.22. The molecule has 0 N–H and O–H groups in total. The molecule has 282 valence electrons. The topological polar surface area (TPSA) is 0 Å². The molecule has 0 saturated heterocycles. The van der Waals surface area contributed by atoms with Gasteiger partial charge in [0.25, 0.3) is 0 Å². The van der Waals surface area contributed by atoms with E-state index in [0.717, 1.165) is 36.4 Å². The second-order valence-electron chi connectivity index (χ2n) is 12.4. The minimum absolute atomic E-state index is 0.154. The first kappa shape index (κ1) is 36.6. The van der Waals surface area contributed by atoms with Crippen molar-refractivity contribution >= 4 is 32.3 Å². The highest BCUT2D eigenvalue weighted by Gasteiger charge is 2.30. The van der Waals surface area contributed by atoms with E-state index < -0.39 is 148 Å². The van der Waals surface area contributed by atoms with Crippen molar-refractivity contribution in [2.24, 2.45) is 0 Å². The molecule has 0 heterocycles. The van der Waals surface area contributed by atoms with Crippen LogP contribution in [-0.4, -0.2) is 0 Å². The van der Waals surface area contributed by atoms with E-state index in [9.17, 15) is 52.7 Å². The van der Waals surface area contributed by atoms with E-state index in [1.807, 2.05) is 0 Å². The molecule has 0 saturated carbocycles. The Labute approximate surface area is 300 Å². The van der Waals surface area contributed by atoms with Gasteiger partial charge in [-0.25, -0.2) is 70.2 Å². The predicted octanol–water partition coefficient (Wildman–Crippen LogP) is 13.5. The molecule has 0 aliphatic carbocycles. The maximum atomic E-state index is 15.5. The zero-order chi connectivity index (χ0) is 40.4. The van der Waals surface area contributed by atoms with E-state index in [0.29, 0.717) is 0 Å². The smallest absolute Gasteiger partial charge is 0.198 e. The standard InChI is InChI=1S/C40H10F16/c41-23-7-19(29(45)37(53)33(23)49)15-5-17(21-9-25(43)35(51)39(55)31(21)47)13-3-4-14-18(22-10-26(44)36(52)40(56)32(22)48)6-16(12-2-1-11(15)27(13)28(12)14)20-8-24(42)34(50)38(54)30(20)46/h1-10H. The minimum Gasteiger partial charge on any atom is -0.204 e. The van der Waals surface area contributed by atoms with Crippen molar-refractivity contribution in [1.29, 1.82) is 0 Å². The van der Waals surface area contributed by atoms with Gasteiger partial charge in [0, 0.05) is 22.3 Å². The van der Waals surface area contributed by atoms with Crippen LogP contribution in [-0.2, 0) is 0 Å². The van der Waals surface area contributed by atoms with Crippen molar-refractivity contribution in [2.45, 2.75) is 0 Å². The zero-order valence-electron chi connectivity index (χ0n) is 26.8. The number of hydrogen-bond acceptors (Lipinski definition) is 0. The van der Waals surface area contributed by atoms with Crippen LogP contribution in [0.3, 0.4) is 0 Å². The predicted molar refractivity (Wildman–Crippen MR) is 171 cm³/mol. The third-order valence-electron chi connectivity index (χ3n) is 9.47. The maximum Gasteiger partial charge on any atom is 0.198 e. The highest BCUT2D eigenvalue weighted by atomic mass is 19.2. The Hall–Kier alpha value is -6.32. The van der Waals surface area contributed by atoms with Crippen LogP contribution in [0, 0.1) is 93.1 Å². The Morgan fingerprint density at radius 3 is 0.589 bits per heavy atom. The van der Waals surface area contributed by atoms with Crippen LogP contribution in [0.1, 0.15) is 0 Å². The molecule has 0 radical (unpaired) electrons. The third-order valence-corrected chi connectivity index (χ3v) is 9.47. The molecule has 0 nitrogen and oxygen atoms in total. The fourth-order valence-electron chi connectivity index (χ4n) is 6.96. The fourth-order valence-corrected chi connectivity index (χ4v) is 6.96. The van der Waals surface area contributed by atoms with Crippen molar-refractivity contribution in [3.63, 3.8) is 0 Å². The first-order chi connectivity index (χ1) is 26.4. The molecule has 0 atom stereocenters. The van der Waals surface area contributed by atoms with Gasteiger partial charge in [-0.05, 0) is 91.0 Å². The van der Waals surface area contributed by atoms with Gasteiger partial charge in [-0.1, -0.05) is 24.3 Å². The van der Waals surface area contributed by atoms with E-state index in [4.69, 9.17) is 0 Å². The summed E-state index contributed by atoms with van der Waals surface area (Å²) in [6, 6.07) is 6.15. The first-order valence-electron chi connectivity index (χ1n) is 15.6. The Balaban J connectivity index is 1.66. The lowest BCUT2D eigenvalue weighted by Crippen LogP contribution is -2.03. The van der Waals surface area contributed by atoms with Crippen LogP contribution in [0.2, 0.25) is 0 Å². The normalized spacial score (nSPS) is 11.9. The lowest BCUT2D eigenvalue weighted by molar-refractivity contribution is 0.410. The van der Waals surface area contributed by atoms with Crippen molar-refractivity contribution in [1.82, 2.24) is 0 Å². The first-order valence-corrected chi connectivity index (χ1v) is 15.6. The highest BCUT2D eigenvalue weighted by molar-refractivity contribution is 6.32. The van der Waals surface area contributed by atoms with Gasteiger partial charge in [0.15, 0.2) is 93.1 Å². The molecule has 0 amide bonds. The minimum atomic E-state index is -2.35. The second kappa shape index (κ2) is 12.6. The Morgan fingerprint density at radius 2 is 0.393 bits per heavy atom. The van der Waals surface area contributed by atoms with E-state index in [2.05, 4.69) is 0 Å².